The Kier molecular flexibility index (Phi) is 7.05. The number of amides is 1. The Morgan fingerprint density at radius 1 is 1.16 bits per heavy atom. The van der Waals surface area contributed by atoms with E-state index in [-0.39, 0.29) is 11.6 Å². The lowest BCUT2D eigenvalue weighted by atomic mass is 9.96. The molecule has 0 bridgehead atoms. The number of benzene rings is 2. The molecule has 38 heavy (non-hydrogen) atoms. The molecular formula is C26H23N7O4S. The number of nitro groups is 1. The van der Waals surface area contributed by atoms with Crippen LogP contribution in [0.2, 0.25) is 0 Å². The van der Waals surface area contributed by atoms with Crippen LogP contribution < -0.4 is 15.4 Å². The van der Waals surface area contributed by atoms with Crippen LogP contribution in [0, 0.1) is 10.1 Å². The van der Waals surface area contributed by atoms with Gasteiger partial charge in [-0.25, -0.2) is 4.68 Å². The van der Waals surface area contributed by atoms with Crippen LogP contribution in [0.4, 0.5) is 17.3 Å². The predicted molar refractivity (Wildman–Crippen MR) is 143 cm³/mol. The first-order valence-electron chi connectivity index (χ1n) is 11.6. The van der Waals surface area contributed by atoms with Gasteiger partial charge in [-0.05, 0) is 42.3 Å². The summed E-state index contributed by atoms with van der Waals surface area (Å²) >= 11 is 1.40. The summed E-state index contributed by atoms with van der Waals surface area (Å²) in [6, 6.07) is 16.7. The summed E-state index contributed by atoms with van der Waals surface area (Å²) in [6.45, 7) is 1.83. The summed E-state index contributed by atoms with van der Waals surface area (Å²) in [7, 11) is 1.55. The number of methoxy groups -OCH3 is 1. The van der Waals surface area contributed by atoms with Gasteiger partial charge < -0.3 is 15.4 Å². The van der Waals surface area contributed by atoms with Crippen LogP contribution in [0.25, 0.3) is 0 Å². The number of aromatic nitrogens is 4. The third-order valence-electron chi connectivity index (χ3n) is 5.97. The fraction of sp³-hybridized carbons (Fsp3) is 0.154. The number of para-hydroxylation sites is 2. The predicted octanol–water partition coefficient (Wildman–Crippen LogP) is 4.81. The SMILES string of the molecule is COc1ccccc1NC(=O)C1=C(C)Nc2nc(SCc3ccc([N+](=O)[O-])cc3)nn2C1c1ccncc1. The maximum Gasteiger partial charge on any atom is 0.269 e. The largest absolute Gasteiger partial charge is 0.495 e. The van der Waals surface area contributed by atoms with Crippen LogP contribution in [-0.4, -0.2) is 37.7 Å². The van der Waals surface area contributed by atoms with Crippen molar-refractivity contribution in [3.05, 3.63) is 106 Å². The van der Waals surface area contributed by atoms with Crippen LogP contribution >= 0.6 is 11.8 Å². The summed E-state index contributed by atoms with van der Waals surface area (Å²) < 4.78 is 7.09. The van der Waals surface area contributed by atoms with E-state index in [1.807, 2.05) is 31.2 Å². The van der Waals surface area contributed by atoms with Gasteiger partial charge in [-0.2, -0.15) is 4.98 Å². The molecule has 1 aliphatic heterocycles. The number of hydrogen-bond acceptors (Lipinski definition) is 9. The van der Waals surface area contributed by atoms with Gasteiger partial charge in [0.1, 0.15) is 11.8 Å². The van der Waals surface area contributed by atoms with E-state index in [0.29, 0.717) is 39.6 Å². The molecule has 11 nitrogen and oxygen atoms in total. The fourth-order valence-corrected chi connectivity index (χ4v) is 4.92. The Morgan fingerprint density at radius 3 is 2.61 bits per heavy atom. The van der Waals surface area contributed by atoms with E-state index < -0.39 is 11.0 Å². The number of nitro benzene ring substituents is 1. The number of ether oxygens (including phenoxy) is 1. The molecule has 12 heteroatoms. The van der Waals surface area contributed by atoms with E-state index in [2.05, 4.69) is 20.6 Å². The van der Waals surface area contributed by atoms with Crippen molar-refractivity contribution >= 4 is 35.0 Å². The highest BCUT2D eigenvalue weighted by atomic mass is 32.2. The highest BCUT2D eigenvalue weighted by Gasteiger charge is 2.34. The molecule has 0 saturated carbocycles. The summed E-state index contributed by atoms with van der Waals surface area (Å²) in [4.78, 5) is 32.9. The molecule has 0 aliphatic carbocycles. The molecule has 0 fully saturated rings. The molecule has 5 rings (SSSR count). The number of thioether (sulfide) groups is 1. The van der Waals surface area contributed by atoms with E-state index in [0.717, 1.165) is 11.1 Å². The Labute approximate surface area is 222 Å². The number of rotatable bonds is 8. The van der Waals surface area contributed by atoms with Crippen molar-refractivity contribution in [2.75, 3.05) is 17.7 Å². The van der Waals surface area contributed by atoms with E-state index in [9.17, 15) is 14.9 Å². The number of carbonyl (C=O) groups excluding carboxylic acids is 1. The fourth-order valence-electron chi connectivity index (χ4n) is 4.14. The molecule has 2 N–H and O–H groups in total. The molecular weight excluding hydrogens is 506 g/mol. The number of non-ortho nitro benzene ring substituents is 1. The highest BCUT2D eigenvalue weighted by molar-refractivity contribution is 7.98. The molecule has 4 aromatic rings. The number of pyridine rings is 1. The second-order valence-corrected chi connectivity index (χ2v) is 9.32. The van der Waals surface area contributed by atoms with E-state index in [4.69, 9.17) is 9.84 Å². The third-order valence-corrected chi connectivity index (χ3v) is 6.88. The van der Waals surface area contributed by atoms with Crippen molar-refractivity contribution in [3.8, 4) is 5.75 Å². The highest BCUT2D eigenvalue weighted by Crippen LogP contribution is 2.37. The first-order valence-corrected chi connectivity index (χ1v) is 12.6. The van der Waals surface area contributed by atoms with Crippen LogP contribution in [0.5, 0.6) is 5.75 Å². The van der Waals surface area contributed by atoms with Gasteiger partial charge in [0.2, 0.25) is 11.1 Å². The first kappa shape index (κ1) is 25.0. The Hall–Kier alpha value is -4.71. The van der Waals surface area contributed by atoms with E-state index in [1.165, 1.54) is 23.9 Å². The summed E-state index contributed by atoms with van der Waals surface area (Å²) in [6.07, 6.45) is 3.34. The van der Waals surface area contributed by atoms with Crippen molar-refractivity contribution in [2.45, 2.75) is 23.9 Å². The normalized spacial score (nSPS) is 14.4. The molecule has 2 aromatic carbocycles. The average molecular weight is 530 g/mol. The van der Waals surface area contributed by atoms with Crippen LogP contribution in [0.15, 0.2) is 89.5 Å². The Balaban J connectivity index is 1.44. The smallest absolute Gasteiger partial charge is 0.269 e. The molecule has 0 spiro atoms. The number of fused-ring (bicyclic) bond motifs is 1. The molecule has 0 saturated heterocycles. The van der Waals surface area contributed by atoms with Crippen LogP contribution in [-0.2, 0) is 10.5 Å². The van der Waals surface area contributed by atoms with E-state index in [1.54, 1.807) is 48.5 Å². The molecule has 2 aromatic heterocycles. The zero-order valence-electron chi connectivity index (χ0n) is 20.5. The minimum absolute atomic E-state index is 0.0409. The Morgan fingerprint density at radius 2 is 1.89 bits per heavy atom. The maximum absolute atomic E-state index is 13.6. The molecule has 1 unspecified atom stereocenters. The number of carbonyl (C=O) groups is 1. The molecule has 1 aliphatic rings. The second kappa shape index (κ2) is 10.7. The average Bonchev–Trinajstić information content (AvgIpc) is 3.34. The van der Waals surface area contributed by atoms with Gasteiger partial charge in [0.05, 0.1) is 23.3 Å². The van der Waals surface area contributed by atoms with Crippen molar-refractivity contribution in [2.24, 2.45) is 0 Å². The van der Waals surface area contributed by atoms with Crippen molar-refractivity contribution < 1.29 is 14.5 Å². The molecule has 1 atom stereocenters. The van der Waals surface area contributed by atoms with Gasteiger partial charge in [0.25, 0.3) is 11.6 Å². The number of allylic oxidation sites excluding steroid dienone is 1. The molecule has 1 amide bonds. The third kappa shape index (κ3) is 5.06. The lowest BCUT2D eigenvalue weighted by molar-refractivity contribution is -0.384. The van der Waals surface area contributed by atoms with Crippen molar-refractivity contribution in [1.29, 1.82) is 0 Å². The Bertz CT molecular complexity index is 1520. The topological polar surface area (TPSA) is 137 Å². The van der Waals surface area contributed by atoms with Gasteiger partial charge in [-0.15, -0.1) is 5.10 Å². The van der Waals surface area contributed by atoms with Gasteiger partial charge in [0, 0.05) is 36.0 Å². The van der Waals surface area contributed by atoms with E-state index >= 15 is 0 Å². The standard InChI is InChI=1S/C26H23N7O4S/c1-16-22(24(34)29-20-5-3-4-6-21(20)37-2)23(18-11-13-27-14-12-18)32-25(28-16)30-26(31-32)38-15-17-7-9-19(10-8-17)33(35)36/h3-14,23H,15H2,1-2H3,(H,29,34)(H,28,30,31). The van der Waals surface area contributed by atoms with Gasteiger partial charge in [0.15, 0.2) is 0 Å². The quantitative estimate of drug-likeness (QED) is 0.187. The number of nitrogens with one attached hydrogen (secondary N) is 2. The molecule has 0 radical (unpaired) electrons. The summed E-state index contributed by atoms with van der Waals surface area (Å²) in [5.74, 6) is 1.27. The van der Waals surface area contributed by atoms with Gasteiger partial charge in [-0.1, -0.05) is 36.0 Å². The number of anilines is 2. The van der Waals surface area contributed by atoms with Crippen LogP contribution in [0.1, 0.15) is 24.1 Å². The van der Waals surface area contributed by atoms with Crippen molar-refractivity contribution in [3.63, 3.8) is 0 Å². The minimum atomic E-state index is -0.551. The van der Waals surface area contributed by atoms with Crippen molar-refractivity contribution in [1.82, 2.24) is 19.7 Å². The van der Waals surface area contributed by atoms with Gasteiger partial charge >= 0.3 is 0 Å². The monoisotopic (exact) mass is 529 g/mol. The minimum Gasteiger partial charge on any atom is -0.495 e. The molecule has 192 valence electrons. The number of hydrogen-bond donors (Lipinski definition) is 2. The lowest BCUT2D eigenvalue weighted by Gasteiger charge is -2.28. The zero-order valence-corrected chi connectivity index (χ0v) is 21.3. The summed E-state index contributed by atoms with van der Waals surface area (Å²) in [5, 5.41) is 22.3. The first-order chi connectivity index (χ1) is 18.4. The lowest BCUT2D eigenvalue weighted by Crippen LogP contribution is -2.31. The number of nitrogens with zero attached hydrogens (tertiary/aromatic N) is 5. The van der Waals surface area contributed by atoms with Gasteiger partial charge in [-0.3, -0.25) is 19.9 Å². The second-order valence-electron chi connectivity index (χ2n) is 8.38. The maximum atomic E-state index is 13.6. The zero-order chi connectivity index (χ0) is 26.6. The van der Waals surface area contributed by atoms with Crippen LogP contribution in [0.3, 0.4) is 0 Å². The summed E-state index contributed by atoms with van der Waals surface area (Å²) in [5.41, 5.74) is 3.44. The molecule has 3 heterocycles.